The zero-order chi connectivity index (χ0) is 16.6. The molecule has 1 aliphatic heterocycles. The molecule has 4 N–H and O–H groups in total. The first-order valence-electron chi connectivity index (χ1n) is 6.44. The zero-order valence-corrected chi connectivity index (χ0v) is 11.2. The van der Waals surface area contributed by atoms with Crippen molar-refractivity contribution in [2.75, 3.05) is 5.73 Å². The molecule has 0 spiro atoms. The highest BCUT2D eigenvalue weighted by Gasteiger charge is 2.88. The summed E-state index contributed by atoms with van der Waals surface area (Å²) in [4.78, 5) is 6.09. The monoisotopic (exact) mass is 325 g/mol. The van der Waals surface area contributed by atoms with Gasteiger partial charge in [0.15, 0.2) is 23.4 Å². The van der Waals surface area contributed by atoms with Crippen molar-refractivity contribution in [2.24, 2.45) is 5.11 Å². The molecule has 0 aromatic carbocycles. The number of hydrogen-bond acceptors (Lipinski definition) is 7. The first kappa shape index (κ1) is 14.1. The molecular weight excluding hydrogens is 316 g/mol. The summed E-state index contributed by atoms with van der Waals surface area (Å²) in [6, 6.07) is 0.932. The molecule has 2 aromatic heterocycles. The van der Waals surface area contributed by atoms with Crippen LogP contribution in [0.15, 0.2) is 17.5 Å². The van der Waals surface area contributed by atoms with Crippen LogP contribution >= 0.6 is 0 Å². The Morgan fingerprint density at radius 1 is 1.57 bits per heavy atom. The molecule has 1 aliphatic carbocycles. The van der Waals surface area contributed by atoms with Gasteiger partial charge in [-0.25, -0.2) is 18.3 Å². The Balaban J connectivity index is 1.85. The Morgan fingerprint density at radius 2 is 2.30 bits per heavy atom. The maximum atomic E-state index is 14.6. The summed E-state index contributed by atoms with van der Waals surface area (Å²) in [5.74, 6) is -0.967. The number of hydrogen-bond donors (Lipinski definition) is 3. The van der Waals surface area contributed by atoms with Gasteiger partial charge in [0.05, 0.1) is 5.69 Å². The van der Waals surface area contributed by atoms with Crippen molar-refractivity contribution in [2.45, 2.75) is 29.7 Å². The van der Waals surface area contributed by atoms with E-state index in [0.717, 1.165) is 16.9 Å². The van der Waals surface area contributed by atoms with Crippen LogP contribution in [0.25, 0.3) is 16.0 Å². The highest BCUT2D eigenvalue weighted by molar-refractivity contribution is 5.66. The number of nitrogen functional groups attached to an aromatic ring is 1. The lowest BCUT2D eigenvalue weighted by Gasteiger charge is -2.19. The van der Waals surface area contributed by atoms with E-state index in [0.29, 0.717) is 0 Å². The van der Waals surface area contributed by atoms with E-state index in [4.69, 9.17) is 16.0 Å². The molecule has 2 aromatic rings. The van der Waals surface area contributed by atoms with Crippen LogP contribution in [0.2, 0.25) is 0 Å². The lowest BCUT2D eigenvalue weighted by atomic mass is 10.1. The summed E-state index contributed by atoms with van der Waals surface area (Å²) in [7, 11) is 0. The first-order chi connectivity index (χ1) is 10.9. The van der Waals surface area contributed by atoms with Gasteiger partial charge in [0.2, 0.25) is 5.72 Å². The third kappa shape index (κ3) is 1.39. The number of ether oxygens (including phenoxy) is 1. The van der Waals surface area contributed by atoms with Crippen molar-refractivity contribution in [1.82, 2.24) is 14.6 Å². The van der Waals surface area contributed by atoms with Crippen molar-refractivity contribution >= 4 is 11.3 Å². The van der Waals surface area contributed by atoms with Crippen molar-refractivity contribution in [3.8, 4) is 0 Å². The van der Waals surface area contributed by atoms with Gasteiger partial charge in [-0.05, 0) is 5.53 Å². The number of anilines is 1. The van der Waals surface area contributed by atoms with Crippen molar-refractivity contribution < 1.29 is 23.7 Å². The summed E-state index contributed by atoms with van der Waals surface area (Å²) in [5.41, 5.74) is 9.27. The molecule has 23 heavy (non-hydrogen) atoms. The molecule has 120 valence electrons. The second-order valence-electron chi connectivity index (χ2n) is 5.38. The molecule has 12 heteroatoms. The van der Waals surface area contributed by atoms with Gasteiger partial charge in [-0.3, -0.25) is 0 Å². The number of halogens is 2. The molecular formula is C11H9F2N7O3. The number of fused-ring (bicyclic) bond motifs is 2. The van der Waals surface area contributed by atoms with Gasteiger partial charge in [0, 0.05) is 11.0 Å². The molecule has 0 radical (unpaired) electrons. The predicted molar refractivity (Wildman–Crippen MR) is 68.9 cm³/mol. The Bertz CT molecular complexity index is 884. The average Bonchev–Trinajstić information content (AvgIpc) is 2.78. The highest BCUT2D eigenvalue weighted by atomic mass is 19.1. The maximum absolute atomic E-state index is 14.6. The van der Waals surface area contributed by atoms with Crippen LogP contribution in [0.5, 0.6) is 0 Å². The van der Waals surface area contributed by atoms with Gasteiger partial charge in [0.1, 0.15) is 24.1 Å². The normalized spacial score (nSPS) is 38.3. The second-order valence-corrected chi connectivity index (χ2v) is 5.38. The SMILES string of the molecule is [N-]=[N+]=NC12O[C@@H](c3cc(F)c4c(N)ncnn34)[C@H](F)[C@@]1(O)C2O. The van der Waals surface area contributed by atoms with Crippen LogP contribution in [0.1, 0.15) is 11.8 Å². The third-order valence-electron chi connectivity index (χ3n) is 4.32. The molecule has 2 unspecified atom stereocenters. The number of nitrogens with two attached hydrogens (primary N) is 1. The molecule has 3 heterocycles. The van der Waals surface area contributed by atoms with Crippen LogP contribution < -0.4 is 5.73 Å². The largest absolute Gasteiger partial charge is 0.387 e. The fourth-order valence-electron chi connectivity index (χ4n) is 3.10. The molecule has 10 nitrogen and oxygen atoms in total. The minimum Gasteiger partial charge on any atom is -0.387 e. The van der Waals surface area contributed by atoms with Gasteiger partial charge < -0.3 is 20.7 Å². The van der Waals surface area contributed by atoms with E-state index >= 15 is 0 Å². The molecule has 4 rings (SSSR count). The molecule has 1 saturated carbocycles. The van der Waals surface area contributed by atoms with E-state index in [1.807, 2.05) is 0 Å². The van der Waals surface area contributed by atoms with Gasteiger partial charge >= 0.3 is 0 Å². The molecule has 5 atom stereocenters. The van der Waals surface area contributed by atoms with Crippen molar-refractivity contribution in [3.05, 3.63) is 34.3 Å². The maximum Gasteiger partial charge on any atom is 0.210 e. The lowest BCUT2D eigenvalue weighted by molar-refractivity contribution is -0.0571. The lowest BCUT2D eigenvalue weighted by Crippen LogP contribution is -2.31. The molecule has 0 amide bonds. The predicted octanol–water partition coefficient (Wildman–Crippen LogP) is -0.0278. The number of azide groups is 1. The Morgan fingerprint density at radius 3 is 3.00 bits per heavy atom. The number of rotatable bonds is 2. The van der Waals surface area contributed by atoms with E-state index in [9.17, 15) is 19.0 Å². The second kappa shape index (κ2) is 4.06. The van der Waals surface area contributed by atoms with Crippen molar-refractivity contribution in [3.63, 3.8) is 0 Å². The van der Waals surface area contributed by atoms with E-state index in [1.54, 1.807) is 0 Å². The smallest absolute Gasteiger partial charge is 0.210 e. The van der Waals surface area contributed by atoms with E-state index in [-0.39, 0.29) is 17.0 Å². The first-order valence-corrected chi connectivity index (χ1v) is 6.44. The minimum atomic E-state index is -2.40. The number of aromatic nitrogens is 3. The molecule has 1 saturated heterocycles. The topological polar surface area (TPSA) is 155 Å². The molecule has 2 fully saturated rings. The van der Waals surface area contributed by atoms with Gasteiger partial charge in [0.25, 0.3) is 0 Å². The van der Waals surface area contributed by atoms with Crippen LogP contribution in [0.3, 0.4) is 0 Å². The van der Waals surface area contributed by atoms with E-state index in [2.05, 4.69) is 20.1 Å². The zero-order valence-electron chi connectivity index (χ0n) is 11.2. The number of alkyl halides is 1. The van der Waals surface area contributed by atoms with E-state index in [1.165, 1.54) is 0 Å². The van der Waals surface area contributed by atoms with Crippen molar-refractivity contribution in [1.29, 1.82) is 0 Å². The number of aliphatic hydroxyl groups is 2. The fraction of sp³-hybridized carbons (Fsp3) is 0.455. The summed E-state index contributed by atoms with van der Waals surface area (Å²) in [6.07, 6.45) is -4.36. The number of nitrogens with zero attached hydrogens (tertiary/aromatic N) is 6. The van der Waals surface area contributed by atoms with Gasteiger partial charge in [-0.2, -0.15) is 5.10 Å². The van der Waals surface area contributed by atoms with Crippen LogP contribution in [-0.2, 0) is 4.74 Å². The van der Waals surface area contributed by atoms with Gasteiger partial charge in [-0.15, -0.1) is 0 Å². The fourth-order valence-corrected chi connectivity index (χ4v) is 3.10. The standard InChI is InChI=1S/C11H9F2N7O3/c12-3-1-4(20-5(3)8(14)16-2-17-20)6-7(13)10(22)9(21)11(10,23-6)18-19-15/h1-2,6-7,9,21-22H,(H2,14,16,17)/t6-,7-,9?,10+,11?/m0/s1. The summed E-state index contributed by atoms with van der Waals surface area (Å²) in [6.45, 7) is 0. The summed E-state index contributed by atoms with van der Waals surface area (Å²) in [5, 5.41) is 26.8. The average molecular weight is 325 g/mol. The van der Waals surface area contributed by atoms with Gasteiger partial charge in [-0.1, -0.05) is 5.11 Å². The summed E-state index contributed by atoms with van der Waals surface area (Å²) >= 11 is 0. The van der Waals surface area contributed by atoms with Crippen LogP contribution in [-0.4, -0.2) is 48.4 Å². The van der Waals surface area contributed by atoms with E-state index < -0.39 is 35.5 Å². The molecule has 0 bridgehead atoms. The summed E-state index contributed by atoms with van der Waals surface area (Å²) < 4.78 is 34.9. The highest BCUT2D eigenvalue weighted by Crippen LogP contribution is 2.65. The van der Waals surface area contributed by atoms with Crippen LogP contribution in [0.4, 0.5) is 14.6 Å². The Kier molecular flexibility index (Phi) is 2.48. The van der Waals surface area contributed by atoms with Crippen LogP contribution in [0, 0.1) is 5.82 Å². The Hall–Kier alpha value is -2.53. The quantitative estimate of drug-likeness (QED) is 0.400. The minimum absolute atomic E-state index is 0.0977. The number of aliphatic hydroxyl groups excluding tert-OH is 1. The Labute approximate surface area is 125 Å². The third-order valence-corrected chi connectivity index (χ3v) is 4.32. The molecule has 2 aliphatic rings.